The molecule has 2 nitrogen and oxygen atoms in total. The zero-order valence-corrected chi connectivity index (χ0v) is 8.56. The third kappa shape index (κ3) is 1.99. The maximum absolute atomic E-state index is 3.98. The maximum atomic E-state index is 3.98. The van der Waals surface area contributed by atoms with E-state index >= 15 is 0 Å². The van der Waals surface area contributed by atoms with E-state index in [2.05, 4.69) is 38.1 Å². The van der Waals surface area contributed by atoms with E-state index in [-0.39, 0.29) is 0 Å². The number of rotatable bonds is 4. The molecule has 1 rings (SSSR count). The fourth-order valence-corrected chi connectivity index (χ4v) is 1.42. The van der Waals surface area contributed by atoms with E-state index in [0.29, 0.717) is 5.54 Å². The first kappa shape index (κ1) is 10.0. The lowest BCUT2D eigenvalue weighted by atomic mass is 9.93. The highest BCUT2D eigenvalue weighted by atomic mass is 15.6. The van der Waals surface area contributed by atoms with E-state index in [1.165, 1.54) is 6.42 Å². The van der Waals surface area contributed by atoms with Crippen LogP contribution in [0.15, 0.2) is 0 Å². The Bertz CT molecular complexity index is 141. The highest BCUT2D eigenvalue weighted by Gasteiger charge is 2.35. The van der Waals surface area contributed by atoms with Gasteiger partial charge in [-0.3, -0.25) is 5.43 Å². The van der Waals surface area contributed by atoms with Crippen molar-refractivity contribution >= 4 is 0 Å². The van der Waals surface area contributed by atoms with Gasteiger partial charge in [-0.15, -0.1) is 0 Å². The lowest BCUT2D eigenvalue weighted by Crippen LogP contribution is -2.70. The number of nitrogens with one attached hydrogen (secondary N) is 1. The smallest absolute Gasteiger partial charge is 0.0273 e. The van der Waals surface area contributed by atoms with Gasteiger partial charge in [-0.2, -0.15) is 6.42 Å². The predicted octanol–water partition coefficient (Wildman–Crippen LogP) is 1.84. The molecule has 72 valence electrons. The minimum absolute atomic E-state index is 0.328. The van der Waals surface area contributed by atoms with Crippen molar-refractivity contribution in [1.82, 2.24) is 10.4 Å². The Kier molecular flexibility index (Phi) is 3.13. The van der Waals surface area contributed by atoms with Gasteiger partial charge in [-0.1, -0.05) is 13.8 Å². The van der Waals surface area contributed by atoms with Crippen molar-refractivity contribution in [3.8, 4) is 0 Å². The van der Waals surface area contributed by atoms with Crippen molar-refractivity contribution in [1.29, 1.82) is 0 Å². The van der Waals surface area contributed by atoms with E-state index < -0.39 is 0 Å². The SMILES string of the molecule is [CH2-]CC1(C)CNN1CCC(C)C. The molecule has 1 atom stereocenters. The molecule has 2 heteroatoms. The molecule has 1 saturated heterocycles. The van der Waals surface area contributed by atoms with E-state index in [9.17, 15) is 0 Å². The highest BCUT2D eigenvalue weighted by Crippen LogP contribution is 2.24. The van der Waals surface area contributed by atoms with Crippen LogP contribution in [-0.2, 0) is 0 Å². The summed E-state index contributed by atoms with van der Waals surface area (Å²) < 4.78 is 0. The summed E-state index contributed by atoms with van der Waals surface area (Å²) in [7, 11) is 0. The third-order valence-corrected chi connectivity index (χ3v) is 2.77. The quantitative estimate of drug-likeness (QED) is 0.646. The third-order valence-electron chi connectivity index (χ3n) is 2.77. The van der Waals surface area contributed by atoms with Crippen molar-refractivity contribution in [3.63, 3.8) is 0 Å². The van der Waals surface area contributed by atoms with Crippen LogP contribution in [0.1, 0.15) is 33.6 Å². The molecule has 0 bridgehead atoms. The standard InChI is InChI=1S/C10H21N2/c1-5-10(4)8-11-12(10)7-6-9(2)3/h9,11H,1,5-8H2,2-4H3/q-1. The Balaban J connectivity index is 2.25. The summed E-state index contributed by atoms with van der Waals surface area (Å²) in [6, 6.07) is 0. The molecule has 0 amide bonds. The molecule has 1 fully saturated rings. The number of hydrogen-bond acceptors (Lipinski definition) is 2. The Morgan fingerprint density at radius 1 is 1.58 bits per heavy atom. The van der Waals surface area contributed by atoms with Crippen LogP contribution in [0.2, 0.25) is 0 Å². The average molecular weight is 169 g/mol. The van der Waals surface area contributed by atoms with Crippen LogP contribution in [0.5, 0.6) is 0 Å². The Labute approximate surface area is 76.3 Å². The van der Waals surface area contributed by atoms with Gasteiger partial charge >= 0.3 is 0 Å². The van der Waals surface area contributed by atoms with Crippen LogP contribution < -0.4 is 5.43 Å². The van der Waals surface area contributed by atoms with Gasteiger partial charge in [-0.25, -0.2) is 5.01 Å². The van der Waals surface area contributed by atoms with Crippen LogP contribution >= 0.6 is 0 Å². The molecule has 1 N–H and O–H groups in total. The van der Waals surface area contributed by atoms with E-state index in [4.69, 9.17) is 0 Å². The first-order valence-electron chi connectivity index (χ1n) is 4.89. The molecule has 1 unspecified atom stereocenters. The molecule has 0 aliphatic carbocycles. The van der Waals surface area contributed by atoms with Crippen LogP contribution in [-0.4, -0.2) is 23.6 Å². The van der Waals surface area contributed by atoms with Gasteiger partial charge in [0.25, 0.3) is 0 Å². The lowest BCUT2D eigenvalue weighted by molar-refractivity contribution is -0.0544. The summed E-state index contributed by atoms with van der Waals surface area (Å²) in [5.41, 5.74) is 3.66. The van der Waals surface area contributed by atoms with E-state index in [1.54, 1.807) is 0 Å². The topological polar surface area (TPSA) is 15.3 Å². The van der Waals surface area contributed by atoms with Crippen LogP contribution in [0.4, 0.5) is 0 Å². The number of hydrazine groups is 1. The summed E-state index contributed by atoms with van der Waals surface area (Å²) in [4.78, 5) is 0. The van der Waals surface area contributed by atoms with Crippen molar-refractivity contribution < 1.29 is 0 Å². The summed E-state index contributed by atoms with van der Waals surface area (Å²) in [5, 5.41) is 2.33. The highest BCUT2D eigenvalue weighted by molar-refractivity contribution is 4.94. The van der Waals surface area contributed by atoms with Gasteiger partial charge in [0, 0.05) is 18.6 Å². The van der Waals surface area contributed by atoms with Crippen molar-refractivity contribution in [2.45, 2.75) is 39.2 Å². The largest absolute Gasteiger partial charge is 0.341 e. The molecule has 0 aromatic carbocycles. The molecule has 12 heavy (non-hydrogen) atoms. The number of hydrogen-bond donors (Lipinski definition) is 1. The fraction of sp³-hybridized carbons (Fsp3) is 0.900. The first-order valence-corrected chi connectivity index (χ1v) is 4.89. The zero-order valence-electron chi connectivity index (χ0n) is 8.56. The molecule has 1 aliphatic rings. The van der Waals surface area contributed by atoms with Crippen LogP contribution in [0.3, 0.4) is 0 Å². The molecule has 0 radical (unpaired) electrons. The van der Waals surface area contributed by atoms with Gasteiger partial charge < -0.3 is 6.92 Å². The van der Waals surface area contributed by atoms with E-state index in [1.807, 2.05) is 0 Å². The summed E-state index contributed by atoms with van der Waals surface area (Å²) >= 11 is 0. The Morgan fingerprint density at radius 3 is 2.58 bits per heavy atom. The van der Waals surface area contributed by atoms with Gasteiger partial charge in [0.2, 0.25) is 0 Å². The second kappa shape index (κ2) is 3.75. The molecule has 0 aromatic heterocycles. The van der Waals surface area contributed by atoms with Crippen molar-refractivity contribution in [2.24, 2.45) is 5.92 Å². The summed E-state index contributed by atoms with van der Waals surface area (Å²) in [6.07, 6.45) is 2.26. The van der Waals surface area contributed by atoms with Gasteiger partial charge in [0.15, 0.2) is 0 Å². The number of nitrogens with zero attached hydrogens (tertiary/aromatic N) is 1. The Morgan fingerprint density at radius 2 is 2.25 bits per heavy atom. The van der Waals surface area contributed by atoms with Gasteiger partial charge in [-0.05, 0) is 19.3 Å². The molecular formula is C10H21N2-. The monoisotopic (exact) mass is 169 g/mol. The molecular weight excluding hydrogens is 148 g/mol. The average Bonchev–Trinajstić information content (AvgIpc) is 2.01. The van der Waals surface area contributed by atoms with Crippen molar-refractivity contribution in [3.05, 3.63) is 6.92 Å². The van der Waals surface area contributed by atoms with Crippen molar-refractivity contribution in [2.75, 3.05) is 13.1 Å². The van der Waals surface area contributed by atoms with Gasteiger partial charge in [0.1, 0.15) is 0 Å². The van der Waals surface area contributed by atoms with Crippen LogP contribution in [0.25, 0.3) is 0 Å². The second-order valence-electron chi connectivity index (χ2n) is 4.42. The van der Waals surface area contributed by atoms with E-state index in [0.717, 1.165) is 25.4 Å². The summed E-state index contributed by atoms with van der Waals surface area (Å²) in [5.74, 6) is 0.793. The molecule has 0 saturated carbocycles. The minimum atomic E-state index is 0.328. The minimum Gasteiger partial charge on any atom is -0.341 e. The van der Waals surface area contributed by atoms with Crippen LogP contribution in [0, 0.1) is 12.8 Å². The first-order chi connectivity index (χ1) is 5.58. The molecule has 0 aromatic rings. The second-order valence-corrected chi connectivity index (χ2v) is 4.42. The summed E-state index contributed by atoms with van der Waals surface area (Å²) in [6.45, 7) is 13.0. The fourth-order valence-electron chi connectivity index (χ4n) is 1.42. The molecule has 1 aliphatic heterocycles. The maximum Gasteiger partial charge on any atom is 0.0273 e. The van der Waals surface area contributed by atoms with Gasteiger partial charge in [0.05, 0.1) is 0 Å². The predicted molar refractivity (Wildman–Crippen MR) is 52.5 cm³/mol. The zero-order chi connectivity index (χ0) is 9.19. The lowest BCUT2D eigenvalue weighted by Gasteiger charge is -2.53. The normalized spacial score (nSPS) is 30.8. The molecule has 1 heterocycles. The Hall–Kier alpha value is -0.0800. The molecule has 0 spiro atoms.